The number of nitrogens with one attached hydrogen (secondary N) is 1. The van der Waals surface area contributed by atoms with Gasteiger partial charge < -0.3 is 14.8 Å². The van der Waals surface area contributed by atoms with Gasteiger partial charge in [-0.15, -0.1) is 13.2 Å². The first kappa shape index (κ1) is 14.2. The van der Waals surface area contributed by atoms with Crippen molar-refractivity contribution in [3.63, 3.8) is 0 Å². The third kappa shape index (κ3) is 3.12. The molecule has 7 heteroatoms. The predicted octanol–water partition coefficient (Wildman–Crippen LogP) is 2.49. The fraction of sp³-hybridized carbons (Fsp3) is 0.500. The number of benzene rings is 1. The largest absolute Gasteiger partial charge is 0.573 e. The minimum absolute atomic E-state index is 0.0391. The van der Waals surface area contributed by atoms with Gasteiger partial charge in [0.05, 0.1) is 6.10 Å². The summed E-state index contributed by atoms with van der Waals surface area (Å²) in [6.07, 6.45) is -2.88. The molecule has 1 aromatic rings. The van der Waals surface area contributed by atoms with Crippen LogP contribution in [0.2, 0.25) is 0 Å². The number of carbonyl (C=O) groups is 1. The molecule has 0 radical (unpaired) electrons. The average molecular weight is 301 g/mol. The van der Waals surface area contributed by atoms with Gasteiger partial charge in [0.2, 0.25) is 0 Å². The zero-order valence-electron chi connectivity index (χ0n) is 11.0. The van der Waals surface area contributed by atoms with Crippen LogP contribution in [0.4, 0.5) is 13.2 Å². The lowest BCUT2D eigenvalue weighted by Crippen LogP contribution is -2.53. The van der Waals surface area contributed by atoms with Gasteiger partial charge in [0, 0.05) is 24.1 Å². The fourth-order valence-electron chi connectivity index (χ4n) is 2.85. The van der Waals surface area contributed by atoms with Crippen molar-refractivity contribution in [3.8, 4) is 5.75 Å². The number of alkyl halides is 3. The molecule has 1 saturated heterocycles. The normalized spacial score (nSPS) is 27.7. The zero-order chi connectivity index (χ0) is 15.0. The SMILES string of the molecule is O=C(N[C@@H]1C[C@H]2OCC[C@@H]12)c1cccc(OC(F)(F)F)c1. The highest BCUT2D eigenvalue weighted by Crippen LogP contribution is 2.38. The lowest BCUT2D eigenvalue weighted by atomic mass is 9.76. The summed E-state index contributed by atoms with van der Waals surface area (Å²) in [7, 11) is 0. The van der Waals surface area contributed by atoms with E-state index in [1.54, 1.807) is 0 Å². The van der Waals surface area contributed by atoms with Crippen LogP contribution in [0.3, 0.4) is 0 Å². The van der Waals surface area contributed by atoms with Gasteiger partial charge in [0.25, 0.3) is 5.91 Å². The maximum atomic E-state index is 12.2. The number of amides is 1. The van der Waals surface area contributed by atoms with Crippen molar-refractivity contribution in [2.75, 3.05) is 6.61 Å². The number of carbonyl (C=O) groups excluding carboxylic acids is 1. The third-order valence-corrected chi connectivity index (χ3v) is 3.91. The van der Waals surface area contributed by atoms with E-state index in [0.29, 0.717) is 12.5 Å². The Labute approximate surface area is 119 Å². The van der Waals surface area contributed by atoms with Crippen LogP contribution < -0.4 is 10.1 Å². The second-order valence-corrected chi connectivity index (χ2v) is 5.25. The Balaban J connectivity index is 1.63. The van der Waals surface area contributed by atoms with E-state index in [4.69, 9.17) is 4.74 Å². The molecule has 3 atom stereocenters. The smallest absolute Gasteiger partial charge is 0.406 e. The molecule has 1 saturated carbocycles. The van der Waals surface area contributed by atoms with Gasteiger partial charge in [-0.2, -0.15) is 0 Å². The Bertz CT molecular complexity index is 547. The molecule has 0 unspecified atom stereocenters. The van der Waals surface area contributed by atoms with Crippen molar-refractivity contribution >= 4 is 5.91 Å². The van der Waals surface area contributed by atoms with E-state index in [1.807, 2.05) is 0 Å². The van der Waals surface area contributed by atoms with Gasteiger partial charge >= 0.3 is 6.36 Å². The van der Waals surface area contributed by atoms with Crippen LogP contribution in [0, 0.1) is 5.92 Å². The van der Waals surface area contributed by atoms with E-state index in [1.165, 1.54) is 12.1 Å². The van der Waals surface area contributed by atoms with Crippen LogP contribution in [-0.4, -0.2) is 31.0 Å². The first-order valence-electron chi connectivity index (χ1n) is 6.71. The molecule has 1 N–H and O–H groups in total. The summed E-state index contributed by atoms with van der Waals surface area (Å²) in [5.41, 5.74) is 0.152. The molecule has 1 aliphatic heterocycles. The number of rotatable bonds is 3. The van der Waals surface area contributed by atoms with Crippen LogP contribution in [-0.2, 0) is 4.74 Å². The maximum absolute atomic E-state index is 12.2. The van der Waals surface area contributed by atoms with Gasteiger partial charge in [0.1, 0.15) is 5.75 Å². The molecule has 1 aromatic carbocycles. The molecule has 1 amide bonds. The monoisotopic (exact) mass is 301 g/mol. The zero-order valence-corrected chi connectivity index (χ0v) is 11.0. The second-order valence-electron chi connectivity index (χ2n) is 5.25. The van der Waals surface area contributed by atoms with Crippen molar-refractivity contribution in [1.82, 2.24) is 5.32 Å². The third-order valence-electron chi connectivity index (χ3n) is 3.91. The maximum Gasteiger partial charge on any atom is 0.573 e. The van der Waals surface area contributed by atoms with Crippen LogP contribution in [0.15, 0.2) is 24.3 Å². The molecule has 3 rings (SSSR count). The Morgan fingerprint density at radius 3 is 2.90 bits per heavy atom. The van der Waals surface area contributed by atoms with Gasteiger partial charge in [-0.25, -0.2) is 0 Å². The average Bonchev–Trinajstić information content (AvgIpc) is 2.75. The first-order chi connectivity index (χ1) is 9.92. The van der Waals surface area contributed by atoms with Crippen molar-refractivity contribution in [1.29, 1.82) is 0 Å². The van der Waals surface area contributed by atoms with Crippen molar-refractivity contribution in [2.45, 2.75) is 31.3 Å². The molecular weight excluding hydrogens is 287 g/mol. The van der Waals surface area contributed by atoms with E-state index in [9.17, 15) is 18.0 Å². The molecule has 1 aliphatic carbocycles. The standard InChI is InChI=1S/C14H14F3NO3/c15-14(16,17)21-9-3-1-2-8(6-9)13(19)18-11-7-12-10(11)4-5-20-12/h1-3,6,10-12H,4-5,7H2,(H,18,19)/t10-,11+,12+/m0/s1. The van der Waals surface area contributed by atoms with Crippen molar-refractivity contribution in [3.05, 3.63) is 29.8 Å². The Morgan fingerprint density at radius 1 is 1.38 bits per heavy atom. The van der Waals surface area contributed by atoms with Gasteiger partial charge in [-0.1, -0.05) is 6.07 Å². The molecule has 0 spiro atoms. The van der Waals surface area contributed by atoms with Crippen molar-refractivity contribution < 1.29 is 27.4 Å². The fourth-order valence-corrected chi connectivity index (χ4v) is 2.85. The minimum Gasteiger partial charge on any atom is -0.406 e. The lowest BCUT2D eigenvalue weighted by Gasteiger charge is -2.39. The number of hydrogen-bond acceptors (Lipinski definition) is 3. The number of ether oxygens (including phenoxy) is 2. The number of fused-ring (bicyclic) bond motifs is 1. The van der Waals surface area contributed by atoms with E-state index in [0.717, 1.165) is 25.0 Å². The highest BCUT2D eigenvalue weighted by atomic mass is 19.4. The quantitative estimate of drug-likeness (QED) is 0.933. The van der Waals surface area contributed by atoms with Gasteiger partial charge in [-0.3, -0.25) is 4.79 Å². The summed E-state index contributed by atoms with van der Waals surface area (Å²) in [5, 5.41) is 2.84. The summed E-state index contributed by atoms with van der Waals surface area (Å²) >= 11 is 0. The molecule has 4 nitrogen and oxygen atoms in total. The van der Waals surface area contributed by atoms with E-state index >= 15 is 0 Å². The van der Waals surface area contributed by atoms with Gasteiger partial charge in [0.15, 0.2) is 0 Å². The predicted molar refractivity (Wildman–Crippen MR) is 66.8 cm³/mol. The van der Waals surface area contributed by atoms with Gasteiger partial charge in [-0.05, 0) is 31.0 Å². The van der Waals surface area contributed by atoms with Crippen LogP contribution >= 0.6 is 0 Å². The summed E-state index contributed by atoms with van der Waals surface area (Å²) in [5.74, 6) is -0.465. The Hall–Kier alpha value is -1.76. The van der Waals surface area contributed by atoms with E-state index in [-0.39, 0.29) is 17.7 Å². The number of hydrogen-bond donors (Lipinski definition) is 1. The molecule has 1 heterocycles. The summed E-state index contributed by atoms with van der Waals surface area (Å²) < 4.78 is 45.7. The first-order valence-corrected chi connectivity index (χ1v) is 6.71. The van der Waals surface area contributed by atoms with Crippen molar-refractivity contribution in [2.24, 2.45) is 5.92 Å². The Morgan fingerprint density at radius 2 is 2.19 bits per heavy atom. The number of halogens is 3. The molecule has 0 aromatic heterocycles. The lowest BCUT2D eigenvalue weighted by molar-refractivity contribution is -0.274. The summed E-state index contributed by atoms with van der Waals surface area (Å²) in [6.45, 7) is 0.705. The molecule has 0 bridgehead atoms. The van der Waals surface area contributed by atoms with Crippen LogP contribution in [0.1, 0.15) is 23.2 Å². The molecule has 114 valence electrons. The molecule has 2 aliphatic rings. The molecular formula is C14H14F3NO3. The summed E-state index contributed by atoms with van der Waals surface area (Å²) in [6, 6.07) is 5.11. The van der Waals surface area contributed by atoms with E-state index in [2.05, 4.69) is 10.1 Å². The Kier molecular flexibility index (Phi) is 3.52. The highest BCUT2D eigenvalue weighted by Gasteiger charge is 2.45. The minimum atomic E-state index is -4.77. The highest BCUT2D eigenvalue weighted by molar-refractivity contribution is 5.94. The van der Waals surface area contributed by atoms with Crippen LogP contribution in [0.5, 0.6) is 5.75 Å². The molecule has 21 heavy (non-hydrogen) atoms. The van der Waals surface area contributed by atoms with E-state index < -0.39 is 18.0 Å². The topological polar surface area (TPSA) is 47.6 Å². The molecule has 2 fully saturated rings. The summed E-state index contributed by atoms with van der Waals surface area (Å²) in [4.78, 5) is 12.1. The van der Waals surface area contributed by atoms with Crippen LogP contribution in [0.25, 0.3) is 0 Å². The second kappa shape index (κ2) is 5.22.